The summed E-state index contributed by atoms with van der Waals surface area (Å²) in [6.45, 7) is 0. The molecule has 4 N–H and O–H groups in total. The Morgan fingerprint density at radius 1 is 0.714 bits per heavy atom. The summed E-state index contributed by atoms with van der Waals surface area (Å²) in [5.41, 5.74) is 0. The molecule has 0 aromatic carbocycles. The molecule has 0 saturated carbocycles. The summed E-state index contributed by atoms with van der Waals surface area (Å²) in [7, 11) is 0. The summed E-state index contributed by atoms with van der Waals surface area (Å²) in [6, 6.07) is 0. The molecule has 0 bridgehead atoms. The number of halogens is 4. The summed E-state index contributed by atoms with van der Waals surface area (Å²) < 4.78 is 39.6. The summed E-state index contributed by atoms with van der Waals surface area (Å²) in [5.74, 6) is 0. The van der Waals surface area contributed by atoms with Gasteiger partial charge in [0.25, 0.3) is 0 Å². The van der Waals surface area contributed by atoms with Gasteiger partial charge in [-0.1, -0.05) is 0 Å². The Hall–Kier alpha value is 0.439. The van der Waals surface area contributed by atoms with Gasteiger partial charge in [0, 0.05) is 0 Å². The van der Waals surface area contributed by atoms with E-state index in [4.69, 9.17) is 0 Å². The van der Waals surface area contributed by atoms with Crippen LogP contribution in [0.3, 0.4) is 0 Å². The first-order chi connectivity index (χ1) is 2.00. The summed E-state index contributed by atoms with van der Waals surface area (Å²) in [5, 5.41) is 0. The van der Waals surface area contributed by atoms with Crippen molar-refractivity contribution in [1.29, 1.82) is 0 Å². The molecule has 7 heavy (non-hydrogen) atoms. The van der Waals surface area contributed by atoms with Crippen LogP contribution in [0.1, 0.15) is 0 Å². The zero-order valence-corrected chi connectivity index (χ0v) is 5.87. The molecule has 0 aliphatic rings. The Bertz CT molecular complexity index is 25.2. The van der Waals surface area contributed by atoms with E-state index in [1.54, 1.807) is 0 Å². The fraction of sp³-hybridized carbons (Fsp3) is 0. The van der Waals surface area contributed by atoms with Crippen LogP contribution in [-0.4, -0.2) is 31.6 Å². The molecule has 0 aliphatic carbocycles. The van der Waals surface area contributed by atoms with Gasteiger partial charge in [0.1, 0.15) is 0 Å². The Morgan fingerprint density at radius 3 is 0.714 bits per heavy atom. The molecule has 0 unspecified atom stereocenters. The standard InChI is InChI=1S/4FH.2H2O.Sn/h4*1H;2*1H2;/q;;;;;;+4/p-4. The van der Waals surface area contributed by atoms with E-state index in [9.17, 15) is 11.5 Å². The first-order valence-electron chi connectivity index (χ1n) is 0.756. The van der Waals surface area contributed by atoms with Crippen LogP contribution in [0, 0.1) is 0 Å². The molecule has 0 atom stereocenters. The second kappa shape index (κ2) is 4.59. The van der Waals surface area contributed by atoms with Crippen molar-refractivity contribution in [2.24, 2.45) is 0 Å². The molecule has 0 aromatic rings. The summed E-state index contributed by atoms with van der Waals surface area (Å²) in [6.07, 6.45) is 0. The molecule has 0 fully saturated rings. The second-order valence-corrected chi connectivity index (χ2v) is 2.87. The van der Waals surface area contributed by atoms with Gasteiger partial charge in [0.15, 0.2) is 0 Å². The van der Waals surface area contributed by atoms with Gasteiger partial charge in [0.2, 0.25) is 0 Å². The first kappa shape index (κ1) is 15.7. The zero-order chi connectivity index (χ0) is 4.50. The van der Waals surface area contributed by atoms with Crippen molar-refractivity contribution in [3.05, 3.63) is 0 Å². The molecule has 48 valence electrons. The summed E-state index contributed by atoms with van der Waals surface area (Å²) >= 11 is -7.18. The van der Waals surface area contributed by atoms with Crippen LogP contribution < -0.4 is 0 Å². The van der Waals surface area contributed by atoms with Gasteiger partial charge in [0.05, 0.1) is 0 Å². The predicted octanol–water partition coefficient (Wildman–Crippen LogP) is -0.349. The van der Waals surface area contributed by atoms with Crippen molar-refractivity contribution in [3.63, 3.8) is 0 Å². The van der Waals surface area contributed by atoms with Crippen molar-refractivity contribution in [3.8, 4) is 0 Å². The fourth-order valence-electron chi connectivity index (χ4n) is 0. The number of hydrogen-bond donors (Lipinski definition) is 0. The van der Waals surface area contributed by atoms with Gasteiger partial charge in [-0.25, -0.2) is 0 Å². The second-order valence-electron chi connectivity index (χ2n) is 0.429. The topological polar surface area (TPSA) is 63.0 Å². The van der Waals surface area contributed by atoms with E-state index >= 15 is 0 Å². The fourth-order valence-corrected chi connectivity index (χ4v) is 0. The van der Waals surface area contributed by atoms with Crippen molar-refractivity contribution in [2.45, 2.75) is 0 Å². The SMILES string of the molecule is O.O.[F][Sn]([F])([F])[F]. The minimum absolute atomic E-state index is 0. The van der Waals surface area contributed by atoms with E-state index < -0.39 is 20.7 Å². The van der Waals surface area contributed by atoms with Gasteiger partial charge >= 0.3 is 32.1 Å². The molecule has 0 heterocycles. The normalized spacial score (nSPS) is 8.57. The molecule has 0 aromatic heterocycles. The van der Waals surface area contributed by atoms with Gasteiger partial charge in [-0.05, 0) is 0 Å². The average Bonchev–Trinajstić information content (AvgIpc) is 0.722. The van der Waals surface area contributed by atoms with Gasteiger partial charge < -0.3 is 11.0 Å². The van der Waals surface area contributed by atoms with Crippen LogP contribution in [0.2, 0.25) is 0 Å². The minimum atomic E-state index is -7.18. The number of rotatable bonds is 0. The Labute approximate surface area is 43.7 Å². The third-order valence-corrected chi connectivity index (χ3v) is 0. The van der Waals surface area contributed by atoms with E-state index in [-0.39, 0.29) is 11.0 Å². The van der Waals surface area contributed by atoms with Gasteiger partial charge in [-0.3, -0.25) is 0 Å². The van der Waals surface area contributed by atoms with Crippen molar-refractivity contribution in [1.82, 2.24) is 0 Å². The Morgan fingerprint density at radius 2 is 0.714 bits per heavy atom. The van der Waals surface area contributed by atoms with E-state index in [0.717, 1.165) is 0 Å². The molecular weight excluding hydrogens is 227 g/mol. The van der Waals surface area contributed by atoms with E-state index in [2.05, 4.69) is 0 Å². The molecule has 0 spiro atoms. The van der Waals surface area contributed by atoms with Crippen molar-refractivity contribution in [2.75, 3.05) is 0 Å². The van der Waals surface area contributed by atoms with Crippen LogP contribution in [0.4, 0.5) is 11.5 Å². The van der Waals surface area contributed by atoms with E-state index in [0.29, 0.717) is 0 Å². The Balaban J connectivity index is -0.0000000800. The maximum absolute atomic E-state index is 9.90. The van der Waals surface area contributed by atoms with Gasteiger partial charge in [-0.15, -0.1) is 0 Å². The van der Waals surface area contributed by atoms with E-state index in [1.165, 1.54) is 0 Å². The number of hydrogen-bond acceptors (Lipinski definition) is 0. The molecular formula is H4F4O2Sn. The molecule has 0 saturated heterocycles. The third-order valence-electron chi connectivity index (χ3n) is 0. The molecule has 0 aliphatic heterocycles. The molecule has 0 radical (unpaired) electrons. The molecule has 2 nitrogen and oxygen atoms in total. The first-order valence-corrected chi connectivity index (χ1v) is 5.07. The summed E-state index contributed by atoms with van der Waals surface area (Å²) in [4.78, 5) is 0. The van der Waals surface area contributed by atoms with Crippen molar-refractivity contribution < 1.29 is 22.4 Å². The quantitative estimate of drug-likeness (QED) is 0.404. The van der Waals surface area contributed by atoms with E-state index in [1.807, 2.05) is 0 Å². The molecule has 0 rings (SSSR count). The van der Waals surface area contributed by atoms with Crippen LogP contribution in [0.5, 0.6) is 0 Å². The predicted molar refractivity (Wildman–Crippen MR) is 17.4 cm³/mol. The average molecular weight is 231 g/mol. The third kappa shape index (κ3) is 659. The van der Waals surface area contributed by atoms with Crippen LogP contribution >= 0.6 is 0 Å². The zero-order valence-electron chi connectivity index (χ0n) is 3.01. The monoisotopic (exact) mass is 232 g/mol. The maximum atomic E-state index is 9.90. The van der Waals surface area contributed by atoms with Crippen molar-refractivity contribution >= 4 is 20.7 Å². The Kier molecular flexibility index (Phi) is 10.3. The van der Waals surface area contributed by atoms with Crippen LogP contribution in [0.25, 0.3) is 0 Å². The van der Waals surface area contributed by atoms with Crippen LogP contribution in [-0.2, 0) is 0 Å². The van der Waals surface area contributed by atoms with Crippen LogP contribution in [0.15, 0.2) is 0 Å². The molecule has 0 amide bonds. The van der Waals surface area contributed by atoms with Gasteiger partial charge in [-0.2, -0.15) is 0 Å². The molecule has 7 heteroatoms.